The van der Waals surface area contributed by atoms with Gasteiger partial charge in [-0.05, 0) is 80.3 Å². The Balaban J connectivity index is 1.07. The number of likely N-dealkylation sites (tertiary alicyclic amines) is 3. The van der Waals surface area contributed by atoms with E-state index in [0.29, 0.717) is 36.1 Å². The summed E-state index contributed by atoms with van der Waals surface area (Å²) >= 11 is 6.03. The Morgan fingerprint density at radius 3 is 2.32 bits per heavy atom. The molecule has 2 aromatic carbocycles. The highest BCUT2D eigenvalue weighted by Crippen LogP contribution is 2.43. The quantitative estimate of drug-likeness (QED) is 0.505. The lowest BCUT2D eigenvalue weighted by Gasteiger charge is -2.39. The maximum Gasteiger partial charge on any atom is 0.229 e. The molecule has 2 unspecified atom stereocenters. The molecule has 0 N–H and O–H groups in total. The summed E-state index contributed by atoms with van der Waals surface area (Å²) in [6.45, 7) is 6.16. The van der Waals surface area contributed by atoms with E-state index in [1.54, 1.807) is 0 Å². The van der Waals surface area contributed by atoms with E-state index in [4.69, 9.17) is 11.6 Å². The van der Waals surface area contributed by atoms with Crippen molar-refractivity contribution in [1.29, 1.82) is 0 Å². The second-order valence-electron chi connectivity index (χ2n) is 11.9. The van der Waals surface area contributed by atoms with Crippen molar-refractivity contribution in [2.24, 2.45) is 17.3 Å². The van der Waals surface area contributed by atoms with Gasteiger partial charge in [0.05, 0.1) is 5.41 Å². The number of hydrogen-bond acceptors (Lipinski definition) is 3. The summed E-state index contributed by atoms with van der Waals surface area (Å²) < 4.78 is 0. The highest BCUT2D eigenvalue weighted by molar-refractivity contribution is 6.30. The zero-order chi connectivity index (χ0) is 25.4. The second-order valence-corrected chi connectivity index (χ2v) is 12.3. The van der Waals surface area contributed by atoms with Crippen molar-refractivity contribution < 1.29 is 9.59 Å². The molecule has 196 valence electrons. The third kappa shape index (κ3) is 5.44. The zero-order valence-corrected chi connectivity index (χ0v) is 22.4. The van der Waals surface area contributed by atoms with E-state index < -0.39 is 0 Å². The van der Waals surface area contributed by atoms with Gasteiger partial charge in [-0.3, -0.25) is 9.59 Å². The smallest absolute Gasteiger partial charge is 0.229 e. The fraction of sp³-hybridized carbons (Fsp3) is 0.548. The number of carbonyl (C=O) groups is 2. The summed E-state index contributed by atoms with van der Waals surface area (Å²) in [5, 5.41) is 0.729. The van der Waals surface area contributed by atoms with Crippen molar-refractivity contribution in [3.05, 3.63) is 70.7 Å². The zero-order valence-electron chi connectivity index (χ0n) is 21.7. The lowest BCUT2D eigenvalue weighted by atomic mass is 9.76. The maximum atomic E-state index is 13.5. The van der Waals surface area contributed by atoms with Crippen molar-refractivity contribution in [1.82, 2.24) is 14.7 Å². The van der Waals surface area contributed by atoms with E-state index >= 15 is 0 Å². The molecule has 1 saturated carbocycles. The summed E-state index contributed by atoms with van der Waals surface area (Å²) in [4.78, 5) is 33.2. The number of carbonyl (C=O) groups excluding carboxylic acids is 2. The molecule has 6 heteroatoms. The van der Waals surface area contributed by atoms with Crippen LogP contribution in [0.15, 0.2) is 54.6 Å². The average Bonchev–Trinajstić information content (AvgIpc) is 3.56. The Morgan fingerprint density at radius 2 is 1.62 bits per heavy atom. The number of piperidine rings is 1. The van der Waals surface area contributed by atoms with Crippen LogP contribution in [0, 0.1) is 17.3 Å². The number of halogens is 1. The van der Waals surface area contributed by atoms with Gasteiger partial charge in [0.15, 0.2) is 0 Å². The molecule has 5 nitrogen and oxygen atoms in total. The molecule has 3 saturated heterocycles. The van der Waals surface area contributed by atoms with Crippen LogP contribution < -0.4 is 0 Å². The van der Waals surface area contributed by atoms with Crippen molar-refractivity contribution in [3.8, 4) is 0 Å². The first kappa shape index (κ1) is 24.9. The van der Waals surface area contributed by atoms with Crippen molar-refractivity contribution in [2.45, 2.75) is 51.0 Å². The van der Waals surface area contributed by atoms with Gasteiger partial charge in [-0.2, -0.15) is 0 Å². The maximum absolute atomic E-state index is 13.5. The molecule has 2 amide bonds. The average molecular weight is 520 g/mol. The largest absolute Gasteiger partial charge is 0.342 e. The third-order valence-electron chi connectivity index (χ3n) is 9.38. The topological polar surface area (TPSA) is 43.9 Å². The lowest BCUT2D eigenvalue weighted by Crippen LogP contribution is -2.46. The molecule has 3 aliphatic heterocycles. The molecule has 2 atom stereocenters. The van der Waals surface area contributed by atoms with Gasteiger partial charge >= 0.3 is 0 Å². The Morgan fingerprint density at radius 1 is 0.919 bits per heavy atom. The van der Waals surface area contributed by atoms with Gasteiger partial charge in [-0.1, -0.05) is 54.1 Å². The van der Waals surface area contributed by atoms with Gasteiger partial charge in [0, 0.05) is 50.1 Å². The Labute approximate surface area is 225 Å². The van der Waals surface area contributed by atoms with Gasteiger partial charge in [0.1, 0.15) is 0 Å². The van der Waals surface area contributed by atoms with Crippen molar-refractivity contribution in [2.75, 3.05) is 39.3 Å². The predicted molar refractivity (Wildman–Crippen MR) is 146 cm³/mol. The summed E-state index contributed by atoms with van der Waals surface area (Å²) in [5.74, 6) is 2.15. The van der Waals surface area contributed by atoms with Gasteiger partial charge in [0.2, 0.25) is 11.8 Å². The first-order chi connectivity index (χ1) is 18.0. The number of hydrogen-bond donors (Lipinski definition) is 0. The van der Waals surface area contributed by atoms with E-state index in [1.807, 2.05) is 29.2 Å². The van der Waals surface area contributed by atoms with Gasteiger partial charge < -0.3 is 14.7 Å². The van der Waals surface area contributed by atoms with Crippen LogP contribution in [0.1, 0.15) is 55.6 Å². The third-order valence-corrected chi connectivity index (χ3v) is 9.63. The van der Waals surface area contributed by atoms with E-state index in [0.717, 1.165) is 75.5 Å². The number of benzene rings is 2. The monoisotopic (exact) mass is 519 g/mol. The molecule has 3 heterocycles. The van der Waals surface area contributed by atoms with Crippen molar-refractivity contribution >= 4 is 23.4 Å². The Bertz CT molecular complexity index is 1110. The molecule has 6 rings (SSSR count). The fourth-order valence-electron chi connectivity index (χ4n) is 6.85. The summed E-state index contributed by atoms with van der Waals surface area (Å²) in [6.07, 6.45) is 6.01. The van der Waals surface area contributed by atoms with Crippen LogP contribution in [0.25, 0.3) is 0 Å². The normalized spacial score (nSPS) is 25.8. The van der Waals surface area contributed by atoms with E-state index in [2.05, 4.69) is 40.1 Å². The van der Waals surface area contributed by atoms with Crippen LogP contribution in [-0.2, 0) is 16.1 Å². The summed E-state index contributed by atoms with van der Waals surface area (Å²) in [5.41, 5.74) is 2.30. The molecule has 2 aromatic rings. The van der Waals surface area contributed by atoms with Crippen LogP contribution in [0.4, 0.5) is 0 Å². The highest BCUT2D eigenvalue weighted by Gasteiger charge is 2.48. The van der Waals surface area contributed by atoms with E-state index in [1.165, 1.54) is 18.4 Å². The standard InChI is InChI=1S/C31H38ClN3O2/c32-27-10-8-24(9-11-27)19-34-17-14-31(30(34)37)12-15-33(16-13-31)20-26-21-35(29(36)18-23-6-7-23)22-28(26)25-4-2-1-3-5-25/h1-5,8-11,23,26,28H,6-7,12-22H2. The number of amides is 2. The lowest BCUT2D eigenvalue weighted by molar-refractivity contribution is -0.139. The number of rotatable bonds is 7. The molecular weight excluding hydrogens is 482 g/mol. The molecule has 1 aliphatic carbocycles. The van der Waals surface area contributed by atoms with Gasteiger partial charge in [-0.25, -0.2) is 0 Å². The van der Waals surface area contributed by atoms with Crippen LogP contribution >= 0.6 is 11.6 Å². The van der Waals surface area contributed by atoms with Crippen LogP contribution in [0.5, 0.6) is 0 Å². The molecular formula is C31H38ClN3O2. The molecule has 37 heavy (non-hydrogen) atoms. The first-order valence-corrected chi connectivity index (χ1v) is 14.5. The molecule has 1 spiro atoms. The molecule has 4 fully saturated rings. The fourth-order valence-corrected chi connectivity index (χ4v) is 6.97. The van der Waals surface area contributed by atoms with Gasteiger partial charge in [-0.15, -0.1) is 0 Å². The highest BCUT2D eigenvalue weighted by atomic mass is 35.5. The second kappa shape index (κ2) is 10.4. The van der Waals surface area contributed by atoms with Crippen molar-refractivity contribution in [3.63, 3.8) is 0 Å². The summed E-state index contributed by atoms with van der Waals surface area (Å²) in [6, 6.07) is 18.6. The van der Waals surface area contributed by atoms with E-state index in [9.17, 15) is 9.59 Å². The van der Waals surface area contributed by atoms with E-state index in [-0.39, 0.29) is 5.41 Å². The first-order valence-electron chi connectivity index (χ1n) is 14.1. The van der Waals surface area contributed by atoms with Gasteiger partial charge in [0.25, 0.3) is 0 Å². The van der Waals surface area contributed by atoms with Crippen LogP contribution in [-0.4, -0.2) is 65.8 Å². The molecule has 0 radical (unpaired) electrons. The number of nitrogens with zero attached hydrogens (tertiary/aromatic N) is 3. The Hall–Kier alpha value is -2.37. The molecule has 4 aliphatic rings. The van der Waals surface area contributed by atoms with Crippen LogP contribution in [0.2, 0.25) is 5.02 Å². The molecule has 0 aromatic heterocycles. The SMILES string of the molecule is O=C(CC1CC1)N1CC(CN2CCC3(CC2)CCN(Cc2ccc(Cl)cc2)C3=O)C(c2ccccc2)C1. The summed E-state index contributed by atoms with van der Waals surface area (Å²) in [7, 11) is 0. The Kier molecular flexibility index (Phi) is 7.02. The predicted octanol–water partition coefficient (Wildman–Crippen LogP) is 5.20. The minimum atomic E-state index is -0.191. The van der Waals surface area contributed by atoms with Crippen LogP contribution in [0.3, 0.4) is 0 Å². The molecule has 0 bridgehead atoms. The minimum Gasteiger partial charge on any atom is -0.342 e. The minimum absolute atomic E-state index is 0.191.